The highest BCUT2D eigenvalue weighted by Gasteiger charge is 2.20. The quantitative estimate of drug-likeness (QED) is 0.306. The Kier molecular flexibility index (Phi) is 4.42. The first-order valence-electron chi connectivity index (χ1n) is 6.03. The number of para-hydroxylation sites is 1. The first-order chi connectivity index (χ1) is 10.5. The summed E-state index contributed by atoms with van der Waals surface area (Å²) in [7, 11) is 0. The average molecular weight is 303 g/mol. The topological polar surface area (TPSA) is 108 Å². The minimum atomic E-state index is -1.02. The first kappa shape index (κ1) is 15.1. The number of carbonyl (C=O) groups excluding carboxylic acids is 1. The second-order valence-electron chi connectivity index (χ2n) is 4.14. The highest BCUT2D eigenvalue weighted by atomic mass is 19.1. The number of nitrogens with two attached hydrogens (primary N) is 1. The Labute approximate surface area is 124 Å². The van der Waals surface area contributed by atoms with Crippen molar-refractivity contribution in [1.29, 1.82) is 0 Å². The van der Waals surface area contributed by atoms with Crippen molar-refractivity contribution in [2.45, 2.75) is 0 Å². The molecule has 0 aliphatic carbocycles. The van der Waals surface area contributed by atoms with E-state index in [1.165, 1.54) is 48.5 Å². The fourth-order valence-corrected chi connectivity index (χ4v) is 1.62. The summed E-state index contributed by atoms with van der Waals surface area (Å²) in [6, 6.07) is 10.3. The molecule has 2 aromatic rings. The SMILES string of the molecule is N/C(=N\OC(=O)c1ccccc1[N+](=O)[O-])c1ccc(F)cc1. The Morgan fingerprint density at radius 3 is 2.45 bits per heavy atom. The summed E-state index contributed by atoms with van der Waals surface area (Å²) in [6.45, 7) is 0. The number of nitro groups is 1. The van der Waals surface area contributed by atoms with Crippen molar-refractivity contribution < 1.29 is 18.9 Å². The maximum absolute atomic E-state index is 12.8. The van der Waals surface area contributed by atoms with Crippen LogP contribution in [-0.4, -0.2) is 16.7 Å². The number of halogens is 1. The van der Waals surface area contributed by atoms with Gasteiger partial charge in [0.05, 0.1) is 4.92 Å². The summed E-state index contributed by atoms with van der Waals surface area (Å²) in [5, 5.41) is 14.2. The van der Waals surface area contributed by atoms with Gasteiger partial charge in [-0.1, -0.05) is 17.3 Å². The number of nitro benzene ring substituents is 1. The molecule has 0 fully saturated rings. The number of oxime groups is 1. The summed E-state index contributed by atoms with van der Waals surface area (Å²) in [5.74, 6) is -1.63. The molecule has 0 aliphatic heterocycles. The predicted molar refractivity (Wildman–Crippen MR) is 75.6 cm³/mol. The summed E-state index contributed by atoms with van der Waals surface area (Å²) in [5.41, 5.74) is 5.28. The van der Waals surface area contributed by atoms with Gasteiger partial charge in [0.15, 0.2) is 5.84 Å². The van der Waals surface area contributed by atoms with Crippen LogP contribution in [0.3, 0.4) is 0 Å². The van der Waals surface area contributed by atoms with E-state index in [-0.39, 0.29) is 11.4 Å². The van der Waals surface area contributed by atoms with Gasteiger partial charge in [0, 0.05) is 11.6 Å². The van der Waals surface area contributed by atoms with Crippen LogP contribution in [0.5, 0.6) is 0 Å². The van der Waals surface area contributed by atoms with Gasteiger partial charge in [-0.05, 0) is 30.3 Å². The smallest absolute Gasteiger partial charge is 0.372 e. The number of hydrogen-bond donors (Lipinski definition) is 1. The summed E-state index contributed by atoms with van der Waals surface area (Å²) >= 11 is 0. The lowest BCUT2D eigenvalue weighted by Gasteiger charge is -2.02. The van der Waals surface area contributed by atoms with Crippen molar-refractivity contribution in [1.82, 2.24) is 0 Å². The Balaban J connectivity index is 2.17. The normalized spacial score (nSPS) is 11.0. The van der Waals surface area contributed by atoms with Crippen LogP contribution >= 0.6 is 0 Å². The second-order valence-corrected chi connectivity index (χ2v) is 4.14. The molecule has 0 saturated carbocycles. The first-order valence-corrected chi connectivity index (χ1v) is 6.03. The minimum absolute atomic E-state index is 0.160. The van der Waals surface area contributed by atoms with E-state index in [1.54, 1.807) is 0 Å². The second kappa shape index (κ2) is 6.44. The number of benzene rings is 2. The van der Waals surface area contributed by atoms with E-state index in [0.29, 0.717) is 5.56 Å². The van der Waals surface area contributed by atoms with E-state index in [9.17, 15) is 19.3 Å². The standard InChI is InChI=1S/C14H10FN3O4/c15-10-7-5-9(6-8-10)13(16)17-22-14(19)11-3-1-2-4-12(11)18(20)21/h1-8H,(H2,16,17). The van der Waals surface area contributed by atoms with Crippen LogP contribution in [0.2, 0.25) is 0 Å². The van der Waals surface area contributed by atoms with Gasteiger partial charge in [-0.2, -0.15) is 0 Å². The van der Waals surface area contributed by atoms with Gasteiger partial charge >= 0.3 is 5.97 Å². The molecule has 2 aromatic carbocycles. The molecule has 0 heterocycles. The lowest BCUT2D eigenvalue weighted by Crippen LogP contribution is -2.15. The number of rotatable bonds is 4. The molecule has 0 saturated heterocycles. The molecule has 0 aromatic heterocycles. The van der Waals surface area contributed by atoms with E-state index >= 15 is 0 Å². The molecule has 0 amide bonds. The number of hydrogen-bond acceptors (Lipinski definition) is 5. The van der Waals surface area contributed by atoms with Gasteiger partial charge in [-0.3, -0.25) is 10.1 Å². The summed E-state index contributed by atoms with van der Waals surface area (Å²) < 4.78 is 12.8. The van der Waals surface area contributed by atoms with Crippen LogP contribution in [0.25, 0.3) is 0 Å². The molecule has 0 bridgehead atoms. The molecule has 0 atom stereocenters. The molecular weight excluding hydrogens is 293 g/mol. The van der Waals surface area contributed by atoms with Crippen LogP contribution in [0.4, 0.5) is 10.1 Å². The van der Waals surface area contributed by atoms with Crippen molar-refractivity contribution in [3.63, 3.8) is 0 Å². The molecule has 8 heteroatoms. The van der Waals surface area contributed by atoms with E-state index in [4.69, 9.17) is 5.73 Å². The van der Waals surface area contributed by atoms with E-state index in [0.717, 1.165) is 0 Å². The summed E-state index contributed by atoms with van der Waals surface area (Å²) in [4.78, 5) is 26.5. The van der Waals surface area contributed by atoms with Crippen molar-refractivity contribution in [2.75, 3.05) is 0 Å². The zero-order valence-corrected chi connectivity index (χ0v) is 11.1. The van der Waals surface area contributed by atoms with Gasteiger partial charge < -0.3 is 10.6 Å². The zero-order chi connectivity index (χ0) is 16.1. The molecule has 0 spiro atoms. The van der Waals surface area contributed by atoms with Crippen LogP contribution in [0, 0.1) is 15.9 Å². The van der Waals surface area contributed by atoms with Crippen LogP contribution in [0.1, 0.15) is 15.9 Å². The van der Waals surface area contributed by atoms with Gasteiger partial charge in [-0.25, -0.2) is 9.18 Å². The Hall–Kier alpha value is -3.29. The Morgan fingerprint density at radius 2 is 1.82 bits per heavy atom. The lowest BCUT2D eigenvalue weighted by atomic mass is 10.2. The fraction of sp³-hybridized carbons (Fsp3) is 0. The average Bonchev–Trinajstić information content (AvgIpc) is 2.53. The number of amidine groups is 1. The minimum Gasteiger partial charge on any atom is -0.380 e. The molecular formula is C14H10FN3O4. The van der Waals surface area contributed by atoms with Crippen molar-refractivity contribution in [3.8, 4) is 0 Å². The van der Waals surface area contributed by atoms with Gasteiger partial charge in [-0.15, -0.1) is 0 Å². The van der Waals surface area contributed by atoms with Gasteiger partial charge in [0.2, 0.25) is 0 Å². The molecule has 0 radical (unpaired) electrons. The van der Waals surface area contributed by atoms with Crippen molar-refractivity contribution in [3.05, 3.63) is 75.6 Å². The third kappa shape index (κ3) is 3.42. The summed E-state index contributed by atoms with van der Waals surface area (Å²) in [6.07, 6.45) is 0. The van der Waals surface area contributed by atoms with Crippen molar-refractivity contribution in [2.24, 2.45) is 10.9 Å². The van der Waals surface area contributed by atoms with Crippen molar-refractivity contribution >= 4 is 17.5 Å². The highest BCUT2D eigenvalue weighted by molar-refractivity contribution is 5.98. The number of carbonyl (C=O) groups is 1. The van der Waals surface area contributed by atoms with Crippen LogP contribution in [-0.2, 0) is 4.84 Å². The molecule has 0 aliphatic rings. The van der Waals surface area contributed by atoms with E-state index in [1.807, 2.05) is 0 Å². The fourth-order valence-electron chi connectivity index (χ4n) is 1.62. The van der Waals surface area contributed by atoms with Crippen LogP contribution < -0.4 is 5.73 Å². The zero-order valence-electron chi connectivity index (χ0n) is 11.1. The van der Waals surface area contributed by atoms with Gasteiger partial charge in [0.1, 0.15) is 11.4 Å². The maximum Gasteiger partial charge on any atom is 0.372 e. The monoisotopic (exact) mass is 303 g/mol. The molecule has 22 heavy (non-hydrogen) atoms. The molecule has 112 valence electrons. The third-order valence-corrected chi connectivity index (χ3v) is 2.69. The molecule has 2 N–H and O–H groups in total. The number of nitrogens with zero attached hydrogens (tertiary/aromatic N) is 2. The maximum atomic E-state index is 12.8. The van der Waals surface area contributed by atoms with Gasteiger partial charge in [0.25, 0.3) is 5.69 Å². The Bertz CT molecular complexity index is 744. The molecule has 7 nitrogen and oxygen atoms in total. The highest BCUT2D eigenvalue weighted by Crippen LogP contribution is 2.18. The third-order valence-electron chi connectivity index (χ3n) is 2.69. The Morgan fingerprint density at radius 1 is 1.18 bits per heavy atom. The van der Waals surface area contributed by atoms with E-state index in [2.05, 4.69) is 9.99 Å². The van der Waals surface area contributed by atoms with E-state index < -0.39 is 22.4 Å². The molecule has 2 rings (SSSR count). The molecule has 0 unspecified atom stereocenters. The largest absolute Gasteiger partial charge is 0.380 e. The predicted octanol–water partition coefficient (Wildman–Crippen LogP) is 2.21. The lowest BCUT2D eigenvalue weighted by molar-refractivity contribution is -0.385. The van der Waals surface area contributed by atoms with Crippen LogP contribution in [0.15, 0.2) is 53.7 Å².